The Hall–Kier alpha value is -3.08. The first kappa shape index (κ1) is 16.8. The van der Waals surface area contributed by atoms with Crippen molar-refractivity contribution in [2.24, 2.45) is 0 Å². The van der Waals surface area contributed by atoms with Gasteiger partial charge in [-0.3, -0.25) is 4.79 Å². The molecule has 0 saturated heterocycles. The minimum absolute atomic E-state index is 0.227. The number of methoxy groups -OCH3 is 1. The van der Waals surface area contributed by atoms with Gasteiger partial charge in [-0.1, -0.05) is 55.5 Å². The maximum Gasteiger partial charge on any atom is 0.316 e. The molecular formula is C20H21N3O2. The molecule has 0 saturated carbocycles. The molecule has 1 aromatic heterocycles. The normalized spacial score (nSPS) is 10.5. The smallest absolute Gasteiger partial charge is 0.316 e. The summed E-state index contributed by atoms with van der Waals surface area (Å²) in [7, 11) is 1.48. The number of ether oxygens (including phenoxy) is 1. The molecule has 0 amide bonds. The molecule has 0 aliphatic heterocycles. The Balaban J connectivity index is 2.02. The second kappa shape index (κ2) is 7.66. The summed E-state index contributed by atoms with van der Waals surface area (Å²) >= 11 is 0. The molecule has 0 aliphatic rings. The Bertz CT molecular complexity index is 904. The van der Waals surface area contributed by atoms with Crippen LogP contribution in [0.15, 0.2) is 65.6 Å². The number of rotatable bonds is 6. The predicted molar refractivity (Wildman–Crippen MR) is 99.7 cm³/mol. The molecule has 1 N–H and O–H groups in total. The number of aryl methyl sites for hydroxylation is 1. The van der Waals surface area contributed by atoms with Gasteiger partial charge in [-0.15, -0.1) is 0 Å². The summed E-state index contributed by atoms with van der Waals surface area (Å²) in [5.41, 5.74) is 2.84. The summed E-state index contributed by atoms with van der Waals surface area (Å²) in [5.74, 6) is 0.723. The fourth-order valence-electron chi connectivity index (χ4n) is 2.68. The number of aromatic nitrogens is 2. The first-order valence-corrected chi connectivity index (χ1v) is 8.25. The van der Waals surface area contributed by atoms with E-state index < -0.39 is 0 Å². The lowest BCUT2D eigenvalue weighted by Crippen LogP contribution is -2.19. The second-order valence-electron chi connectivity index (χ2n) is 5.69. The lowest BCUT2D eigenvalue weighted by molar-refractivity contribution is 0.402. The highest BCUT2D eigenvalue weighted by atomic mass is 16.5. The molecule has 3 rings (SSSR count). The van der Waals surface area contributed by atoms with E-state index in [1.807, 2.05) is 53.1 Å². The van der Waals surface area contributed by atoms with Crippen LogP contribution in [0.25, 0.3) is 0 Å². The van der Waals surface area contributed by atoms with Crippen molar-refractivity contribution in [3.8, 4) is 5.75 Å². The molecule has 0 aliphatic carbocycles. The van der Waals surface area contributed by atoms with Gasteiger partial charge in [0.2, 0.25) is 11.7 Å². The molecule has 2 aromatic carbocycles. The number of hydrogen-bond acceptors (Lipinski definition) is 4. The van der Waals surface area contributed by atoms with Crippen LogP contribution in [0.3, 0.4) is 0 Å². The Morgan fingerprint density at radius 2 is 1.80 bits per heavy atom. The zero-order valence-corrected chi connectivity index (χ0v) is 14.4. The van der Waals surface area contributed by atoms with E-state index in [0.29, 0.717) is 12.5 Å². The van der Waals surface area contributed by atoms with Crippen LogP contribution in [-0.4, -0.2) is 16.7 Å². The van der Waals surface area contributed by atoms with Gasteiger partial charge in [0.25, 0.3) is 0 Å². The van der Waals surface area contributed by atoms with E-state index in [9.17, 15) is 4.79 Å². The molecule has 0 bridgehead atoms. The number of anilines is 2. The van der Waals surface area contributed by atoms with Gasteiger partial charge in [-0.05, 0) is 23.6 Å². The molecule has 3 aromatic rings. The fourth-order valence-corrected chi connectivity index (χ4v) is 2.68. The van der Waals surface area contributed by atoms with Crippen LogP contribution < -0.4 is 15.6 Å². The lowest BCUT2D eigenvalue weighted by atomic mass is 10.1. The van der Waals surface area contributed by atoms with Gasteiger partial charge in [0.05, 0.1) is 19.9 Å². The van der Waals surface area contributed by atoms with Crippen molar-refractivity contribution in [2.45, 2.75) is 19.9 Å². The van der Waals surface area contributed by atoms with Crippen molar-refractivity contribution < 1.29 is 4.74 Å². The van der Waals surface area contributed by atoms with Crippen molar-refractivity contribution in [1.29, 1.82) is 0 Å². The van der Waals surface area contributed by atoms with Crippen LogP contribution in [0.1, 0.15) is 18.1 Å². The summed E-state index contributed by atoms with van der Waals surface area (Å²) in [5, 5.41) is 3.30. The highest BCUT2D eigenvalue weighted by Crippen LogP contribution is 2.21. The largest absolute Gasteiger partial charge is 0.490 e. The topological polar surface area (TPSA) is 56.1 Å². The summed E-state index contributed by atoms with van der Waals surface area (Å²) in [4.78, 5) is 16.3. The van der Waals surface area contributed by atoms with E-state index in [2.05, 4.69) is 23.3 Å². The monoisotopic (exact) mass is 335 g/mol. The van der Waals surface area contributed by atoms with E-state index in [0.717, 1.165) is 17.7 Å². The fraction of sp³-hybridized carbons (Fsp3) is 0.200. The number of hydrogen-bond donors (Lipinski definition) is 1. The van der Waals surface area contributed by atoms with Crippen LogP contribution in [-0.2, 0) is 13.0 Å². The third-order valence-corrected chi connectivity index (χ3v) is 4.02. The molecule has 0 atom stereocenters. The third-order valence-electron chi connectivity index (χ3n) is 4.02. The summed E-state index contributed by atoms with van der Waals surface area (Å²) in [6.07, 6.45) is 2.58. The highest BCUT2D eigenvalue weighted by molar-refractivity contribution is 5.59. The summed E-state index contributed by atoms with van der Waals surface area (Å²) in [6, 6.07) is 18.0. The van der Waals surface area contributed by atoms with Crippen LogP contribution >= 0.6 is 0 Å². The molecule has 0 fully saturated rings. The number of nitrogens with one attached hydrogen (secondary N) is 1. The average molecular weight is 335 g/mol. The number of para-hydroxylation sites is 1. The van der Waals surface area contributed by atoms with Gasteiger partial charge in [0.15, 0.2) is 0 Å². The Kier molecular flexibility index (Phi) is 5.14. The Labute approximate surface area is 146 Å². The van der Waals surface area contributed by atoms with Gasteiger partial charge in [0, 0.05) is 5.69 Å². The standard InChI is InChI=1S/C20H21N3O2/c1-3-16-11-7-8-12-17(16)21-20-22-19(24)18(25-2)14-23(20)13-15-9-5-4-6-10-15/h4-12,14H,3,13H2,1-2H3,(H,21,22,24). The minimum Gasteiger partial charge on any atom is -0.490 e. The highest BCUT2D eigenvalue weighted by Gasteiger charge is 2.11. The van der Waals surface area contributed by atoms with E-state index in [1.54, 1.807) is 6.20 Å². The SMILES string of the molecule is CCc1ccccc1Nc1nc(=O)c(OC)cn1Cc1ccccc1. The van der Waals surface area contributed by atoms with Crippen LogP contribution in [0, 0.1) is 0 Å². The van der Waals surface area contributed by atoms with Gasteiger partial charge >= 0.3 is 5.56 Å². The molecule has 128 valence electrons. The van der Waals surface area contributed by atoms with Crippen LogP contribution in [0.5, 0.6) is 5.75 Å². The van der Waals surface area contributed by atoms with Crippen molar-refractivity contribution in [2.75, 3.05) is 12.4 Å². The number of nitrogens with zero attached hydrogens (tertiary/aromatic N) is 2. The van der Waals surface area contributed by atoms with E-state index in [4.69, 9.17) is 4.74 Å². The first-order valence-electron chi connectivity index (χ1n) is 8.25. The summed E-state index contributed by atoms with van der Waals surface area (Å²) in [6.45, 7) is 2.68. The second-order valence-corrected chi connectivity index (χ2v) is 5.69. The molecular weight excluding hydrogens is 314 g/mol. The lowest BCUT2D eigenvalue weighted by Gasteiger charge is -2.16. The van der Waals surface area contributed by atoms with Crippen molar-refractivity contribution >= 4 is 11.6 Å². The van der Waals surface area contributed by atoms with Gasteiger partial charge in [0.1, 0.15) is 0 Å². The van der Waals surface area contributed by atoms with Crippen LogP contribution in [0.4, 0.5) is 11.6 Å². The Morgan fingerprint density at radius 3 is 2.52 bits per heavy atom. The summed E-state index contributed by atoms with van der Waals surface area (Å²) < 4.78 is 7.04. The van der Waals surface area contributed by atoms with Crippen molar-refractivity contribution in [1.82, 2.24) is 9.55 Å². The average Bonchev–Trinajstić information content (AvgIpc) is 2.65. The van der Waals surface area contributed by atoms with E-state index in [-0.39, 0.29) is 11.3 Å². The maximum atomic E-state index is 12.1. The van der Waals surface area contributed by atoms with Gasteiger partial charge in [-0.2, -0.15) is 4.98 Å². The third kappa shape index (κ3) is 3.88. The molecule has 5 heteroatoms. The quantitative estimate of drug-likeness (QED) is 0.748. The molecule has 1 heterocycles. The molecule has 0 unspecified atom stereocenters. The molecule has 5 nitrogen and oxygen atoms in total. The molecule has 0 spiro atoms. The Morgan fingerprint density at radius 1 is 1.08 bits per heavy atom. The van der Waals surface area contributed by atoms with E-state index in [1.165, 1.54) is 12.7 Å². The molecule has 0 radical (unpaired) electrons. The van der Waals surface area contributed by atoms with Gasteiger partial charge < -0.3 is 14.6 Å². The zero-order chi connectivity index (χ0) is 17.6. The van der Waals surface area contributed by atoms with Crippen LogP contribution in [0.2, 0.25) is 0 Å². The molecule has 25 heavy (non-hydrogen) atoms. The van der Waals surface area contributed by atoms with Gasteiger partial charge in [-0.25, -0.2) is 0 Å². The first-order chi connectivity index (χ1) is 12.2. The van der Waals surface area contributed by atoms with Crippen molar-refractivity contribution in [3.05, 3.63) is 82.3 Å². The van der Waals surface area contributed by atoms with E-state index >= 15 is 0 Å². The minimum atomic E-state index is -0.386. The maximum absolute atomic E-state index is 12.1. The zero-order valence-electron chi connectivity index (χ0n) is 14.4. The predicted octanol–water partition coefficient (Wildman–Crippen LogP) is 3.61. The number of benzene rings is 2. The van der Waals surface area contributed by atoms with Crippen molar-refractivity contribution in [3.63, 3.8) is 0 Å².